The van der Waals surface area contributed by atoms with E-state index in [4.69, 9.17) is 9.47 Å². The molecule has 2 aromatic carbocycles. The zero-order valence-electron chi connectivity index (χ0n) is 17.5. The van der Waals surface area contributed by atoms with Gasteiger partial charge in [0.1, 0.15) is 23.4 Å². The van der Waals surface area contributed by atoms with E-state index in [0.717, 1.165) is 11.3 Å². The second-order valence-electron chi connectivity index (χ2n) is 7.89. The highest BCUT2D eigenvalue weighted by atomic mass is 16.5. The van der Waals surface area contributed by atoms with Crippen molar-refractivity contribution in [1.82, 2.24) is 4.90 Å². The number of carbonyl (C=O) groups excluding carboxylic acids is 2. The smallest absolute Gasteiger partial charge is 0.295 e. The van der Waals surface area contributed by atoms with Gasteiger partial charge in [-0.25, -0.2) is 0 Å². The Morgan fingerprint density at radius 2 is 2.03 bits per heavy atom. The lowest BCUT2D eigenvalue weighted by Crippen LogP contribution is -2.31. The number of phenols is 1. The second-order valence-corrected chi connectivity index (χ2v) is 7.89. The maximum Gasteiger partial charge on any atom is 0.295 e. The summed E-state index contributed by atoms with van der Waals surface area (Å²) >= 11 is 0. The summed E-state index contributed by atoms with van der Waals surface area (Å²) in [6.07, 6.45) is 1.29. The fourth-order valence-electron chi connectivity index (χ4n) is 4.26. The number of aliphatic hydroxyl groups excluding tert-OH is 1. The molecule has 162 valence electrons. The van der Waals surface area contributed by atoms with Gasteiger partial charge in [0.2, 0.25) is 0 Å². The average Bonchev–Trinajstić information content (AvgIpc) is 3.24. The molecule has 0 spiro atoms. The Morgan fingerprint density at radius 1 is 1.23 bits per heavy atom. The number of ether oxygens (including phenoxy) is 2. The SMILES string of the molecule is COCCCN1C(=O)C(=O)C(=C(O)c2ccc3c(c2)CC(C)O3)C1c1cccc(O)c1. The molecule has 31 heavy (non-hydrogen) atoms. The van der Waals surface area contributed by atoms with Crippen LogP contribution >= 0.6 is 0 Å². The summed E-state index contributed by atoms with van der Waals surface area (Å²) in [6.45, 7) is 2.68. The fourth-order valence-corrected chi connectivity index (χ4v) is 4.26. The van der Waals surface area contributed by atoms with Crippen molar-refractivity contribution in [2.45, 2.75) is 31.9 Å². The van der Waals surface area contributed by atoms with Crippen LogP contribution in [0.2, 0.25) is 0 Å². The first kappa shape index (κ1) is 20.9. The van der Waals surface area contributed by atoms with E-state index < -0.39 is 17.7 Å². The number of amides is 1. The van der Waals surface area contributed by atoms with E-state index in [1.165, 1.54) is 17.0 Å². The Kier molecular flexibility index (Phi) is 5.69. The molecule has 0 aliphatic carbocycles. The molecule has 4 rings (SSSR count). The number of fused-ring (bicyclic) bond motifs is 1. The maximum absolute atomic E-state index is 13.0. The van der Waals surface area contributed by atoms with Gasteiger partial charge in [-0.15, -0.1) is 0 Å². The van der Waals surface area contributed by atoms with E-state index in [9.17, 15) is 19.8 Å². The minimum Gasteiger partial charge on any atom is -0.508 e. The van der Waals surface area contributed by atoms with Gasteiger partial charge in [0.15, 0.2) is 0 Å². The summed E-state index contributed by atoms with van der Waals surface area (Å²) in [5, 5.41) is 21.1. The molecule has 1 saturated heterocycles. The number of carbonyl (C=O) groups is 2. The maximum atomic E-state index is 13.0. The number of nitrogens with zero attached hydrogens (tertiary/aromatic N) is 1. The van der Waals surface area contributed by atoms with E-state index in [-0.39, 0.29) is 29.7 Å². The van der Waals surface area contributed by atoms with Gasteiger partial charge in [0, 0.05) is 32.2 Å². The summed E-state index contributed by atoms with van der Waals surface area (Å²) in [5.74, 6) is -0.877. The van der Waals surface area contributed by atoms with Crippen molar-refractivity contribution in [3.05, 3.63) is 64.7 Å². The normalized spacial score (nSPS) is 21.9. The van der Waals surface area contributed by atoms with Gasteiger partial charge in [-0.3, -0.25) is 9.59 Å². The van der Waals surface area contributed by atoms with Crippen LogP contribution in [0.25, 0.3) is 5.76 Å². The number of hydrogen-bond donors (Lipinski definition) is 2. The number of Topliss-reactive ketones (excluding diaryl/α,β-unsaturated/α-hetero) is 1. The quantitative estimate of drug-likeness (QED) is 0.321. The van der Waals surface area contributed by atoms with Crippen molar-refractivity contribution >= 4 is 17.4 Å². The van der Waals surface area contributed by atoms with Crippen LogP contribution in [0.4, 0.5) is 0 Å². The monoisotopic (exact) mass is 423 g/mol. The zero-order chi connectivity index (χ0) is 22.1. The van der Waals surface area contributed by atoms with Gasteiger partial charge in [0.25, 0.3) is 11.7 Å². The largest absolute Gasteiger partial charge is 0.508 e. The van der Waals surface area contributed by atoms with E-state index in [1.54, 1.807) is 37.4 Å². The molecule has 0 saturated carbocycles. The van der Waals surface area contributed by atoms with Gasteiger partial charge >= 0.3 is 0 Å². The summed E-state index contributed by atoms with van der Waals surface area (Å²) < 4.78 is 10.8. The van der Waals surface area contributed by atoms with Crippen molar-refractivity contribution in [2.24, 2.45) is 0 Å². The first-order valence-corrected chi connectivity index (χ1v) is 10.3. The molecule has 1 fully saturated rings. The number of hydrogen-bond acceptors (Lipinski definition) is 6. The molecule has 2 aliphatic rings. The fraction of sp³-hybridized carbons (Fsp3) is 0.333. The van der Waals surface area contributed by atoms with Crippen LogP contribution < -0.4 is 4.74 Å². The van der Waals surface area contributed by atoms with Gasteiger partial charge in [0.05, 0.1) is 11.6 Å². The Bertz CT molecular complexity index is 1060. The van der Waals surface area contributed by atoms with Crippen LogP contribution in [0.3, 0.4) is 0 Å². The molecule has 7 heteroatoms. The van der Waals surface area contributed by atoms with E-state index in [0.29, 0.717) is 30.6 Å². The number of ketones is 1. The van der Waals surface area contributed by atoms with E-state index in [2.05, 4.69) is 0 Å². The minimum atomic E-state index is -0.799. The minimum absolute atomic E-state index is 0.0138. The summed E-state index contributed by atoms with van der Waals surface area (Å²) in [7, 11) is 1.57. The molecular weight excluding hydrogens is 398 g/mol. The van der Waals surface area contributed by atoms with Gasteiger partial charge < -0.3 is 24.6 Å². The molecule has 2 aliphatic heterocycles. The zero-order valence-corrected chi connectivity index (χ0v) is 17.5. The number of likely N-dealkylation sites (tertiary alicyclic amines) is 1. The first-order valence-electron chi connectivity index (χ1n) is 10.3. The highest BCUT2D eigenvalue weighted by Crippen LogP contribution is 2.41. The Hall–Kier alpha value is -3.32. The third-order valence-corrected chi connectivity index (χ3v) is 5.64. The van der Waals surface area contributed by atoms with E-state index in [1.807, 2.05) is 6.92 Å². The van der Waals surface area contributed by atoms with Crippen LogP contribution in [0, 0.1) is 0 Å². The van der Waals surface area contributed by atoms with Gasteiger partial charge in [-0.1, -0.05) is 12.1 Å². The molecule has 1 amide bonds. The lowest BCUT2D eigenvalue weighted by Gasteiger charge is -2.25. The van der Waals surface area contributed by atoms with Gasteiger partial charge in [-0.2, -0.15) is 0 Å². The molecule has 0 bridgehead atoms. The molecule has 2 N–H and O–H groups in total. The Morgan fingerprint density at radius 3 is 2.77 bits per heavy atom. The van der Waals surface area contributed by atoms with Crippen LogP contribution in [0.1, 0.15) is 36.1 Å². The Balaban J connectivity index is 1.80. The third kappa shape index (κ3) is 3.88. The lowest BCUT2D eigenvalue weighted by molar-refractivity contribution is -0.140. The number of aliphatic hydroxyl groups is 1. The number of rotatable bonds is 6. The van der Waals surface area contributed by atoms with Crippen LogP contribution in [-0.4, -0.2) is 53.2 Å². The van der Waals surface area contributed by atoms with Crippen LogP contribution in [0.5, 0.6) is 11.5 Å². The Labute approximate surface area is 180 Å². The average molecular weight is 423 g/mol. The summed E-state index contributed by atoms with van der Waals surface area (Å²) in [6, 6.07) is 10.8. The predicted molar refractivity (Wildman–Crippen MR) is 114 cm³/mol. The summed E-state index contributed by atoms with van der Waals surface area (Å²) in [4.78, 5) is 27.3. The molecule has 7 nitrogen and oxygen atoms in total. The van der Waals surface area contributed by atoms with Crippen molar-refractivity contribution in [1.29, 1.82) is 0 Å². The first-order chi connectivity index (χ1) is 14.9. The molecular formula is C24H25NO6. The molecule has 0 aromatic heterocycles. The highest BCUT2D eigenvalue weighted by Gasteiger charge is 2.46. The molecule has 2 atom stereocenters. The number of phenolic OH excluding ortho intramolecular Hbond substituents is 1. The topological polar surface area (TPSA) is 96.3 Å². The lowest BCUT2D eigenvalue weighted by atomic mass is 9.94. The van der Waals surface area contributed by atoms with Crippen molar-refractivity contribution in [3.63, 3.8) is 0 Å². The van der Waals surface area contributed by atoms with Crippen molar-refractivity contribution < 1.29 is 29.3 Å². The van der Waals surface area contributed by atoms with Gasteiger partial charge in [-0.05, 0) is 54.8 Å². The standard InChI is InChI=1S/C24H25NO6/c1-14-11-17-12-16(7-8-19(17)31-14)22(27)20-21(15-5-3-6-18(26)13-15)25(9-4-10-30-2)24(29)23(20)28/h3,5-8,12-14,21,26-27H,4,9-11H2,1-2H3. The number of benzene rings is 2. The third-order valence-electron chi connectivity index (χ3n) is 5.64. The highest BCUT2D eigenvalue weighted by molar-refractivity contribution is 6.46. The predicted octanol–water partition coefficient (Wildman–Crippen LogP) is 3.17. The number of methoxy groups -OCH3 is 1. The number of aromatic hydroxyl groups is 1. The molecule has 2 unspecified atom stereocenters. The van der Waals surface area contributed by atoms with Crippen molar-refractivity contribution in [2.75, 3.05) is 20.3 Å². The summed E-state index contributed by atoms with van der Waals surface area (Å²) in [5.41, 5.74) is 1.97. The van der Waals surface area contributed by atoms with E-state index >= 15 is 0 Å². The molecule has 2 aromatic rings. The van der Waals surface area contributed by atoms with Crippen LogP contribution in [-0.2, 0) is 20.7 Å². The molecule has 0 radical (unpaired) electrons. The van der Waals surface area contributed by atoms with Crippen molar-refractivity contribution in [3.8, 4) is 11.5 Å². The molecule has 2 heterocycles. The van der Waals surface area contributed by atoms with Crippen LogP contribution in [0.15, 0.2) is 48.0 Å². The second kappa shape index (κ2) is 8.43.